The second-order valence-corrected chi connectivity index (χ2v) is 10.8. The van der Waals surface area contributed by atoms with E-state index in [4.69, 9.17) is 4.74 Å². The highest BCUT2D eigenvalue weighted by molar-refractivity contribution is 7.85. The zero-order chi connectivity index (χ0) is 20.3. The topological polar surface area (TPSA) is 58.6 Å². The lowest BCUT2D eigenvalue weighted by atomic mass is 10.1. The van der Waals surface area contributed by atoms with Gasteiger partial charge in [0.2, 0.25) is 5.91 Å². The van der Waals surface area contributed by atoms with Crippen molar-refractivity contribution in [3.8, 4) is 5.75 Å². The van der Waals surface area contributed by atoms with Gasteiger partial charge in [-0.25, -0.2) is 0 Å². The van der Waals surface area contributed by atoms with Crippen molar-refractivity contribution in [2.45, 2.75) is 44.4 Å². The number of carbonyl (C=O) groups excluding carboxylic acids is 1. The summed E-state index contributed by atoms with van der Waals surface area (Å²) in [6, 6.07) is 6.04. The van der Waals surface area contributed by atoms with Crippen LogP contribution in [0.5, 0.6) is 5.75 Å². The Morgan fingerprint density at radius 2 is 2.03 bits per heavy atom. The number of thiophene rings is 2. The molecule has 0 bridgehead atoms. The van der Waals surface area contributed by atoms with Crippen LogP contribution in [0.25, 0.3) is 0 Å². The second kappa shape index (κ2) is 12.5. The molecular formula is C21H30N2O3S3. The first-order chi connectivity index (χ1) is 14.2. The number of likely N-dealkylation sites (tertiary alicyclic amines) is 1. The first kappa shape index (κ1) is 22.5. The Balaban J connectivity index is 1.22. The van der Waals surface area contributed by atoms with E-state index in [2.05, 4.69) is 21.7 Å². The van der Waals surface area contributed by atoms with Crippen molar-refractivity contribution in [2.75, 3.05) is 32.0 Å². The van der Waals surface area contributed by atoms with Crippen molar-refractivity contribution < 1.29 is 13.7 Å². The summed E-state index contributed by atoms with van der Waals surface area (Å²) in [6.45, 7) is 4.71. The normalized spacial score (nSPS) is 15.9. The van der Waals surface area contributed by atoms with Crippen LogP contribution < -0.4 is 10.1 Å². The fourth-order valence-electron chi connectivity index (χ4n) is 3.30. The van der Waals surface area contributed by atoms with E-state index in [9.17, 15) is 9.00 Å². The Hall–Kier alpha value is -1.22. The van der Waals surface area contributed by atoms with Crippen LogP contribution in [0.3, 0.4) is 0 Å². The number of carbonyl (C=O) groups is 1. The third-order valence-electron chi connectivity index (χ3n) is 4.80. The Kier molecular flexibility index (Phi) is 9.66. The Bertz CT molecular complexity index is 755. The van der Waals surface area contributed by atoms with Crippen LogP contribution in [0.15, 0.2) is 29.0 Å². The summed E-state index contributed by atoms with van der Waals surface area (Å²) in [5, 5.41) is 6.90. The lowest BCUT2D eigenvalue weighted by molar-refractivity contribution is -0.118. The van der Waals surface area contributed by atoms with Crippen LogP contribution in [-0.4, -0.2) is 47.0 Å². The summed E-state index contributed by atoms with van der Waals surface area (Å²) >= 11 is 3.34. The van der Waals surface area contributed by atoms with Crippen LogP contribution in [0.1, 0.15) is 41.9 Å². The highest BCUT2D eigenvalue weighted by Gasteiger charge is 2.12. The molecule has 1 amide bonds. The van der Waals surface area contributed by atoms with Gasteiger partial charge in [0.15, 0.2) is 0 Å². The largest absolute Gasteiger partial charge is 0.493 e. The maximum absolute atomic E-state index is 12.0. The van der Waals surface area contributed by atoms with Gasteiger partial charge in [-0.15, -0.1) is 22.7 Å². The highest BCUT2D eigenvalue weighted by Crippen LogP contribution is 2.24. The number of unbranched alkanes of at least 4 members (excludes halogenated alkanes) is 1. The van der Waals surface area contributed by atoms with Gasteiger partial charge in [0.05, 0.1) is 12.4 Å². The van der Waals surface area contributed by atoms with Crippen LogP contribution in [0.4, 0.5) is 0 Å². The van der Waals surface area contributed by atoms with Crippen molar-refractivity contribution in [3.63, 3.8) is 0 Å². The van der Waals surface area contributed by atoms with E-state index in [0.717, 1.165) is 30.0 Å². The quantitative estimate of drug-likeness (QED) is 0.492. The van der Waals surface area contributed by atoms with Crippen LogP contribution in [0.2, 0.25) is 0 Å². The molecule has 160 valence electrons. The van der Waals surface area contributed by atoms with Gasteiger partial charge in [-0.05, 0) is 56.3 Å². The number of nitrogens with one attached hydrogen (secondary N) is 1. The monoisotopic (exact) mass is 454 g/mol. The van der Waals surface area contributed by atoms with Crippen molar-refractivity contribution in [2.24, 2.45) is 0 Å². The highest BCUT2D eigenvalue weighted by atomic mass is 32.2. The summed E-state index contributed by atoms with van der Waals surface area (Å²) < 4.78 is 17.8. The van der Waals surface area contributed by atoms with Gasteiger partial charge in [0.1, 0.15) is 11.5 Å². The van der Waals surface area contributed by atoms with Gasteiger partial charge in [0, 0.05) is 39.0 Å². The predicted molar refractivity (Wildman–Crippen MR) is 122 cm³/mol. The Labute approximate surface area is 183 Å². The smallest absolute Gasteiger partial charge is 0.232 e. The number of nitrogens with zero attached hydrogens (tertiary/aromatic N) is 1. The van der Waals surface area contributed by atoms with Crippen LogP contribution in [-0.2, 0) is 27.9 Å². The summed E-state index contributed by atoms with van der Waals surface area (Å²) in [5.41, 5.74) is 0. The summed E-state index contributed by atoms with van der Waals surface area (Å²) in [7, 11) is -1.14. The molecule has 0 spiro atoms. The van der Waals surface area contributed by atoms with Gasteiger partial charge in [-0.3, -0.25) is 13.9 Å². The van der Waals surface area contributed by atoms with Gasteiger partial charge in [-0.2, -0.15) is 0 Å². The van der Waals surface area contributed by atoms with Gasteiger partial charge >= 0.3 is 0 Å². The predicted octanol–water partition coefficient (Wildman–Crippen LogP) is 4.02. The summed E-state index contributed by atoms with van der Waals surface area (Å²) in [6.07, 6.45) is 5.73. The maximum Gasteiger partial charge on any atom is 0.232 e. The molecule has 2 aromatic heterocycles. The van der Waals surface area contributed by atoms with Gasteiger partial charge in [-0.1, -0.05) is 12.5 Å². The molecule has 5 nitrogen and oxygen atoms in total. The molecule has 1 N–H and O–H groups in total. The third kappa shape index (κ3) is 8.58. The van der Waals surface area contributed by atoms with Crippen molar-refractivity contribution in [1.29, 1.82) is 0 Å². The second-order valence-electron chi connectivity index (χ2n) is 7.30. The number of piperidine rings is 1. The summed E-state index contributed by atoms with van der Waals surface area (Å²) in [5.74, 6) is 1.35. The van der Waals surface area contributed by atoms with Crippen molar-refractivity contribution >= 4 is 39.4 Å². The zero-order valence-electron chi connectivity index (χ0n) is 16.8. The third-order valence-corrected chi connectivity index (χ3v) is 7.97. The average molecular weight is 455 g/mol. The summed E-state index contributed by atoms with van der Waals surface area (Å²) in [4.78, 5) is 16.8. The molecule has 1 atom stereocenters. The van der Waals surface area contributed by atoms with Crippen molar-refractivity contribution in [1.82, 2.24) is 10.2 Å². The van der Waals surface area contributed by atoms with E-state index in [1.165, 1.54) is 37.2 Å². The SMILES string of the molecule is O=C(CS(=O)Cc1cccs1)NCCCCOc1csc(CN2CCCCC2)c1. The van der Waals surface area contributed by atoms with Gasteiger partial charge < -0.3 is 10.1 Å². The average Bonchev–Trinajstić information content (AvgIpc) is 3.37. The van der Waals surface area contributed by atoms with Gasteiger partial charge in [0.25, 0.3) is 0 Å². The van der Waals surface area contributed by atoms with E-state index in [-0.39, 0.29) is 11.7 Å². The van der Waals surface area contributed by atoms with E-state index in [0.29, 0.717) is 18.9 Å². The lowest BCUT2D eigenvalue weighted by Gasteiger charge is -2.25. The minimum absolute atomic E-state index is 0.0725. The number of hydrogen-bond acceptors (Lipinski definition) is 6. The fourth-order valence-corrected chi connectivity index (χ4v) is 6.21. The number of ether oxygens (including phenoxy) is 1. The molecule has 1 aliphatic rings. The van der Waals surface area contributed by atoms with Crippen LogP contribution >= 0.6 is 22.7 Å². The number of rotatable bonds is 12. The maximum atomic E-state index is 12.0. The zero-order valence-corrected chi connectivity index (χ0v) is 19.2. The molecule has 0 aliphatic carbocycles. The van der Waals surface area contributed by atoms with Crippen LogP contribution in [0, 0.1) is 0 Å². The molecule has 1 unspecified atom stereocenters. The first-order valence-corrected chi connectivity index (χ1v) is 13.5. The van der Waals surface area contributed by atoms with Crippen molar-refractivity contribution in [3.05, 3.63) is 38.7 Å². The number of amides is 1. The molecular weight excluding hydrogens is 424 g/mol. The first-order valence-electron chi connectivity index (χ1n) is 10.3. The van der Waals surface area contributed by atoms with E-state index in [1.54, 1.807) is 22.7 Å². The number of hydrogen-bond donors (Lipinski definition) is 1. The van der Waals surface area contributed by atoms with E-state index >= 15 is 0 Å². The molecule has 0 aromatic carbocycles. The molecule has 1 saturated heterocycles. The molecule has 1 aliphatic heterocycles. The molecule has 0 saturated carbocycles. The minimum atomic E-state index is -1.14. The minimum Gasteiger partial charge on any atom is -0.493 e. The Morgan fingerprint density at radius 1 is 1.17 bits per heavy atom. The Morgan fingerprint density at radius 3 is 2.83 bits per heavy atom. The molecule has 3 heterocycles. The molecule has 2 aromatic rings. The molecule has 29 heavy (non-hydrogen) atoms. The molecule has 0 radical (unpaired) electrons. The van der Waals surface area contributed by atoms with E-state index < -0.39 is 10.8 Å². The van der Waals surface area contributed by atoms with E-state index in [1.807, 2.05) is 17.5 Å². The molecule has 1 fully saturated rings. The molecule has 8 heteroatoms. The fraction of sp³-hybridized carbons (Fsp3) is 0.571. The molecule has 3 rings (SSSR count). The lowest BCUT2D eigenvalue weighted by Crippen LogP contribution is -2.29. The standard InChI is InChI=1S/C21H30N2O3S3/c24-21(17-29(25)16-19-7-6-12-27-19)22-8-2-5-11-26-18-13-20(28-15-18)14-23-9-3-1-4-10-23/h6-7,12-13,15H,1-5,8-11,14,16-17H2,(H,22,24).